The third-order valence-electron chi connectivity index (χ3n) is 5.23. The Morgan fingerprint density at radius 3 is 2.68 bits per heavy atom. The molecule has 0 amide bonds. The molecule has 0 aromatic heterocycles. The standard InChI is InChI=1S/C18H24O/c1-18(2)16-9-8-15(17(18)12-16)13-19-11-10-14-6-4-3-5-7-14/h3-8,16-17H,9-13H2,1-2H3/t16-,17-/m0/s1. The molecular weight excluding hydrogens is 232 g/mol. The van der Waals surface area contributed by atoms with Gasteiger partial charge in [0.05, 0.1) is 13.2 Å². The van der Waals surface area contributed by atoms with Crippen LogP contribution >= 0.6 is 0 Å². The largest absolute Gasteiger partial charge is 0.377 e. The number of benzene rings is 1. The summed E-state index contributed by atoms with van der Waals surface area (Å²) >= 11 is 0. The number of rotatable bonds is 5. The highest BCUT2D eigenvalue weighted by Crippen LogP contribution is 2.59. The zero-order valence-corrected chi connectivity index (χ0v) is 12.1. The van der Waals surface area contributed by atoms with E-state index in [1.807, 2.05) is 0 Å². The van der Waals surface area contributed by atoms with Crippen LogP contribution in [0.4, 0.5) is 0 Å². The van der Waals surface area contributed by atoms with Gasteiger partial charge >= 0.3 is 0 Å². The molecule has 0 radical (unpaired) electrons. The smallest absolute Gasteiger partial charge is 0.0679 e. The van der Waals surface area contributed by atoms with Crippen LogP contribution < -0.4 is 0 Å². The van der Waals surface area contributed by atoms with Crippen molar-refractivity contribution in [3.8, 4) is 0 Å². The highest BCUT2D eigenvalue weighted by molar-refractivity contribution is 5.23. The zero-order chi connectivity index (χ0) is 13.3. The van der Waals surface area contributed by atoms with Crippen molar-refractivity contribution in [2.75, 3.05) is 13.2 Å². The average Bonchev–Trinajstić information content (AvgIpc) is 2.45. The van der Waals surface area contributed by atoms with Crippen LogP contribution in [-0.2, 0) is 11.2 Å². The van der Waals surface area contributed by atoms with Crippen molar-refractivity contribution in [3.05, 3.63) is 47.5 Å². The van der Waals surface area contributed by atoms with E-state index in [0.717, 1.165) is 31.5 Å². The molecule has 1 heteroatoms. The Balaban J connectivity index is 1.45. The quantitative estimate of drug-likeness (QED) is 0.565. The zero-order valence-electron chi connectivity index (χ0n) is 12.1. The Morgan fingerprint density at radius 1 is 1.21 bits per heavy atom. The summed E-state index contributed by atoms with van der Waals surface area (Å²) in [5.41, 5.74) is 3.44. The summed E-state index contributed by atoms with van der Waals surface area (Å²) in [6.07, 6.45) is 6.11. The summed E-state index contributed by atoms with van der Waals surface area (Å²) in [5, 5.41) is 0. The van der Waals surface area contributed by atoms with Crippen LogP contribution in [0.15, 0.2) is 42.0 Å². The number of fused-ring (bicyclic) bond motifs is 1. The van der Waals surface area contributed by atoms with Gasteiger partial charge < -0.3 is 4.74 Å². The molecule has 1 fully saturated rings. The molecule has 3 aliphatic carbocycles. The minimum absolute atomic E-state index is 0.521. The van der Waals surface area contributed by atoms with Crippen molar-refractivity contribution < 1.29 is 4.74 Å². The molecule has 19 heavy (non-hydrogen) atoms. The molecule has 1 aromatic rings. The van der Waals surface area contributed by atoms with E-state index in [1.54, 1.807) is 5.57 Å². The maximum Gasteiger partial charge on any atom is 0.0679 e. The molecule has 1 saturated carbocycles. The number of hydrogen-bond donors (Lipinski definition) is 0. The Bertz CT molecular complexity index is 458. The van der Waals surface area contributed by atoms with Crippen molar-refractivity contribution in [3.63, 3.8) is 0 Å². The molecule has 2 bridgehead atoms. The topological polar surface area (TPSA) is 9.23 Å². The minimum atomic E-state index is 0.521. The van der Waals surface area contributed by atoms with Crippen LogP contribution in [0.3, 0.4) is 0 Å². The van der Waals surface area contributed by atoms with E-state index >= 15 is 0 Å². The van der Waals surface area contributed by atoms with Crippen molar-refractivity contribution in [2.45, 2.75) is 33.1 Å². The van der Waals surface area contributed by atoms with Gasteiger partial charge in [-0.2, -0.15) is 0 Å². The highest BCUT2D eigenvalue weighted by atomic mass is 16.5. The second-order valence-electron chi connectivity index (χ2n) is 6.61. The van der Waals surface area contributed by atoms with Crippen LogP contribution in [0.25, 0.3) is 0 Å². The maximum absolute atomic E-state index is 5.90. The number of hydrogen-bond acceptors (Lipinski definition) is 1. The fraction of sp³-hybridized carbons (Fsp3) is 0.556. The van der Waals surface area contributed by atoms with E-state index in [2.05, 4.69) is 50.3 Å². The maximum atomic E-state index is 5.90. The molecule has 0 aliphatic heterocycles. The Hall–Kier alpha value is -1.08. The Labute approximate surface area is 116 Å². The first-order valence-corrected chi connectivity index (χ1v) is 7.48. The molecule has 1 aromatic carbocycles. The predicted molar refractivity (Wildman–Crippen MR) is 79.0 cm³/mol. The molecule has 4 rings (SSSR count). The van der Waals surface area contributed by atoms with Crippen LogP contribution in [0.5, 0.6) is 0 Å². The third kappa shape index (κ3) is 2.49. The predicted octanol–water partition coefficient (Wildman–Crippen LogP) is 4.24. The number of ether oxygens (including phenoxy) is 1. The van der Waals surface area contributed by atoms with Gasteiger partial charge in [0.1, 0.15) is 0 Å². The highest BCUT2D eigenvalue weighted by Gasteiger charge is 2.50. The molecule has 102 valence electrons. The summed E-state index contributed by atoms with van der Waals surface area (Å²) in [6.45, 7) is 6.51. The second-order valence-corrected chi connectivity index (χ2v) is 6.61. The normalized spacial score (nSPS) is 27.6. The van der Waals surface area contributed by atoms with Gasteiger partial charge in [0.25, 0.3) is 0 Å². The second kappa shape index (κ2) is 5.13. The molecule has 0 unspecified atom stereocenters. The lowest BCUT2D eigenvalue weighted by Gasteiger charge is -2.56. The molecule has 0 heterocycles. The van der Waals surface area contributed by atoms with Gasteiger partial charge in [0.15, 0.2) is 0 Å². The molecule has 3 aliphatic rings. The fourth-order valence-electron chi connectivity index (χ4n) is 3.67. The van der Waals surface area contributed by atoms with Gasteiger partial charge in [0.2, 0.25) is 0 Å². The van der Waals surface area contributed by atoms with Gasteiger partial charge in [0, 0.05) is 0 Å². The van der Waals surface area contributed by atoms with Crippen LogP contribution in [0.2, 0.25) is 0 Å². The molecule has 0 saturated heterocycles. The van der Waals surface area contributed by atoms with E-state index < -0.39 is 0 Å². The molecule has 1 nitrogen and oxygen atoms in total. The first kappa shape index (κ1) is 12.9. The van der Waals surface area contributed by atoms with Crippen LogP contribution in [0, 0.1) is 17.3 Å². The Morgan fingerprint density at radius 2 is 2.00 bits per heavy atom. The van der Waals surface area contributed by atoms with Gasteiger partial charge in [-0.05, 0) is 47.6 Å². The van der Waals surface area contributed by atoms with Crippen LogP contribution in [-0.4, -0.2) is 13.2 Å². The summed E-state index contributed by atoms with van der Waals surface area (Å²) in [7, 11) is 0. The summed E-state index contributed by atoms with van der Waals surface area (Å²) < 4.78 is 5.90. The van der Waals surface area contributed by atoms with Gasteiger partial charge in [-0.3, -0.25) is 0 Å². The lowest BCUT2D eigenvalue weighted by Crippen LogP contribution is -2.48. The van der Waals surface area contributed by atoms with E-state index in [-0.39, 0.29) is 0 Å². The third-order valence-corrected chi connectivity index (χ3v) is 5.23. The first-order valence-electron chi connectivity index (χ1n) is 7.48. The average molecular weight is 256 g/mol. The van der Waals surface area contributed by atoms with Crippen molar-refractivity contribution in [2.24, 2.45) is 17.3 Å². The van der Waals surface area contributed by atoms with Crippen molar-refractivity contribution in [1.29, 1.82) is 0 Å². The van der Waals surface area contributed by atoms with Crippen LogP contribution in [0.1, 0.15) is 32.3 Å². The number of allylic oxidation sites excluding steroid dienone is 1. The molecule has 0 N–H and O–H groups in total. The van der Waals surface area contributed by atoms with Crippen molar-refractivity contribution >= 4 is 0 Å². The summed E-state index contributed by atoms with van der Waals surface area (Å²) in [4.78, 5) is 0. The monoisotopic (exact) mass is 256 g/mol. The van der Waals surface area contributed by atoms with Gasteiger partial charge in [-0.1, -0.05) is 50.3 Å². The van der Waals surface area contributed by atoms with E-state index in [1.165, 1.54) is 18.4 Å². The van der Waals surface area contributed by atoms with Gasteiger partial charge in [-0.15, -0.1) is 0 Å². The molecule has 0 spiro atoms. The fourth-order valence-corrected chi connectivity index (χ4v) is 3.67. The summed E-state index contributed by atoms with van der Waals surface area (Å²) in [5.74, 6) is 1.70. The molecular formula is C18H24O. The lowest BCUT2D eigenvalue weighted by atomic mass is 9.49. The first-order chi connectivity index (χ1) is 9.18. The SMILES string of the molecule is CC1(C)[C@H]2CC=C(COCCc3ccccc3)[C@@H]1C2. The van der Waals surface area contributed by atoms with Crippen molar-refractivity contribution in [1.82, 2.24) is 0 Å². The van der Waals surface area contributed by atoms with E-state index in [4.69, 9.17) is 4.74 Å². The molecule has 2 atom stereocenters. The van der Waals surface area contributed by atoms with E-state index in [9.17, 15) is 0 Å². The lowest BCUT2D eigenvalue weighted by molar-refractivity contribution is -0.0172. The Kier molecular flexibility index (Phi) is 3.49. The minimum Gasteiger partial charge on any atom is -0.377 e. The van der Waals surface area contributed by atoms with Gasteiger partial charge in [-0.25, -0.2) is 0 Å². The van der Waals surface area contributed by atoms with E-state index in [0.29, 0.717) is 5.41 Å². The summed E-state index contributed by atoms with van der Waals surface area (Å²) in [6, 6.07) is 10.6.